The zero-order valence-electron chi connectivity index (χ0n) is 15.8. The molecule has 3 aromatic carbocycles. The molecule has 0 aliphatic carbocycles. The van der Waals surface area contributed by atoms with Crippen molar-refractivity contribution < 1.29 is 4.79 Å². The number of hydrogen-bond donors (Lipinski definition) is 0. The van der Waals surface area contributed by atoms with Crippen molar-refractivity contribution in [3.05, 3.63) is 112 Å². The Morgan fingerprint density at radius 2 is 1.69 bits per heavy atom. The van der Waals surface area contributed by atoms with Gasteiger partial charge in [0.05, 0.1) is 11.6 Å². The molecule has 0 spiro atoms. The van der Waals surface area contributed by atoms with E-state index in [2.05, 4.69) is 18.2 Å². The molecule has 1 amide bonds. The molecule has 5 rings (SSSR count). The molecule has 0 saturated heterocycles. The van der Waals surface area contributed by atoms with Crippen LogP contribution in [0.1, 0.15) is 33.2 Å². The monoisotopic (exact) mass is 398 g/mol. The molecule has 3 nitrogen and oxygen atoms in total. The van der Waals surface area contributed by atoms with Crippen molar-refractivity contribution in [2.24, 2.45) is 0 Å². The van der Waals surface area contributed by atoms with Crippen molar-refractivity contribution in [3.63, 3.8) is 0 Å². The predicted octanol–water partition coefficient (Wildman–Crippen LogP) is 5.83. The lowest BCUT2D eigenvalue weighted by Gasteiger charge is -2.25. The quantitative estimate of drug-likeness (QED) is 0.433. The SMILES string of the molecule is O=C1c2ccccc2C(Cc2ccc3cc(Cl)ccc3n2)N1Cc1ccccc1. The number of nitrogens with zero attached hydrogens (tertiary/aromatic N) is 2. The first kappa shape index (κ1) is 17.9. The molecule has 1 aliphatic rings. The molecular weight excluding hydrogens is 380 g/mol. The molecule has 0 N–H and O–H groups in total. The maximum Gasteiger partial charge on any atom is 0.255 e. The topological polar surface area (TPSA) is 33.2 Å². The fraction of sp³-hybridized carbons (Fsp3) is 0.120. The molecule has 142 valence electrons. The van der Waals surface area contributed by atoms with Gasteiger partial charge >= 0.3 is 0 Å². The first-order valence-corrected chi connectivity index (χ1v) is 10.1. The number of rotatable bonds is 4. The minimum Gasteiger partial charge on any atom is -0.327 e. The average molecular weight is 399 g/mol. The molecule has 0 saturated carbocycles. The second-order valence-corrected chi connectivity index (χ2v) is 7.80. The van der Waals surface area contributed by atoms with Gasteiger partial charge in [-0.05, 0) is 41.5 Å². The number of fused-ring (bicyclic) bond motifs is 2. The van der Waals surface area contributed by atoms with E-state index in [4.69, 9.17) is 16.6 Å². The first-order valence-electron chi connectivity index (χ1n) is 9.68. The lowest BCUT2D eigenvalue weighted by molar-refractivity contribution is 0.0708. The fourth-order valence-electron chi connectivity index (χ4n) is 4.08. The lowest BCUT2D eigenvalue weighted by atomic mass is 10.00. The van der Waals surface area contributed by atoms with Gasteiger partial charge in [-0.25, -0.2) is 0 Å². The van der Waals surface area contributed by atoms with Crippen LogP contribution in [0.5, 0.6) is 0 Å². The number of aromatic nitrogens is 1. The smallest absolute Gasteiger partial charge is 0.255 e. The van der Waals surface area contributed by atoms with Crippen molar-refractivity contribution in [3.8, 4) is 0 Å². The molecule has 0 fully saturated rings. The van der Waals surface area contributed by atoms with E-state index in [1.165, 1.54) is 0 Å². The van der Waals surface area contributed by atoms with Crippen LogP contribution in [0.4, 0.5) is 0 Å². The summed E-state index contributed by atoms with van der Waals surface area (Å²) in [6, 6.07) is 27.8. The summed E-state index contributed by atoms with van der Waals surface area (Å²) >= 11 is 6.09. The van der Waals surface area contributed by atoms with Gasteiger partial charge in [0, 0.05) is 34.6 Å². The summed E-state index contributed by atoms with van der Waals surface area (Å²) in [5.41, 5.74) is 4.87. The molecule has 1 aromatic heterocycles. The van der Waals surface area contributed by atoms with Crippen LogP contribution in [-0.4, -0.2) is 15.8 Å². The highest BCUT2D eigenvalue weighted by molar-refractivity contribution is 6.31. The van der Waals surface area contributed by atoms with E-state index in [-0.39, 0.29) is 11.9 Å². The third-order valence-electron chi connectivity index (χ3n) is 5.49. The Hall–Kier alpha value is -3.17. The Labute approximate surface area is 174 Å². The van der Waals surface area contributed by atoms with Crippen molar-refractivity contribution >= 4 is 28.4 Å². The molecule has 0 radical (unpaired) electrons. The zero-order chi connectivity index (χ0) is 19.8. The van der Waals surface area contributed by atoms with Gasteiger partial charge in [-0.15, -0.1) is 0 Å². The highest BCUT2D eigenvalue weighted by atomic mass is 35.5. The third-order valence-corrected chi connectivity index (χ3v) is 5.73. The van der Waals surface area contributed by atoms with E-state index < -0.39 is 0 Å². The molecule has 1 unspecified atom stereocenters. The van der Waals surface area contributed by atoms with Crippen molar-refractivity contribution in [1.29, 1.82) is 0 Å². The molecule has 4 aromatic rings. The summed E-state index contributed by atoms with van der Waals surface area (Å²) in [5.74, 6) is 0.0852. The van der Waals surface area contributed by atoms with Crippen molar-refractivity contribution in [2.45, 2.75) is 19.0 Å². The minimum atomic E-state index is -0.0313. The van der Waals surface area contributed by atoms with Crippen LogP contribution in [0.3, 0.4) is 0 Å². The number of amides is 1. The molecular formula is C25H19ClN2O. The first-order chi connectivity index (χ1) is 14.2. The van der Waals surface area contributed by atoms with Crippen LogP contribution in [0.2, 0.25) is 5.02 Å². The highest BCUT2D eigenvalue weighted by Crippen LogP contribution is 2.37. The third kappa shape index (κ3) is 3.39. The van der Waals surface area contributed by atoms with Gasteiger partial charge in [0.25, 0.3) is 5.91 Å². The van der Waals surface area contributed by atoms with Crippen LogP contribution >= 0.6 is 11.6 Å². The van der Waals surface area contributed by atoms with E-state index in [0.29, 0.717) is 18.0 Å². The van der Waals surface area contributed by atoms with Gasteiger partial charge in [0.15, 0.2) is 0 Å². The average Bonchev–Trinajstić information content (AvgIpc) is 3.01. The molecule has 4 heteroatoms. The van der Waals surface area contributed by atoms with Crippen molar-refractivity contribution in [2.75, 3.05) is 0 Å². The number of hydrogen-bond acceptors (Lipinski definition) is 2. The van der Waals surface area contributed by atoms with Gasteiger partial charge < -0.3 is 4.90 Å². The largest absolute Gasteiger partial charge is 0.327 e. The number of halogens is 1. The van der Waals surface area contributed by atoms with Gasteiger partial charge in [-0.1, -0.05) is 66.2 Å². The number of carbonyl (C=O) groups excluding carboxylic acids is 1. The second kappa shape index (κ2) is 7.34. The van der Waals surface area contributed by atoms with Crippen LogP contribution in [0, 0.1) is 0 Å². The number of pyridine rings is 1. The van der Waals surface area contributed by atoms with Gasteiger partial charge in [0.2, 0.25) is 0 Å². The molecule has 0 bridgehead atoms. The normalized spacial score (nSPS) is 15.7. The molecule has 29 heavy (non-hydrogen) atoms. The maximum atomic E-state index is 13.1. The standard InChI is InChI=1S/C25H19ClN2O/c26-19-11-13-23-18(14-19)10-12-20(27-23)15-24-21-8-4-5-9-22(21)25(29)28(24)16-17-6-2-1-3-7-17/h1-14,24H,15-16H2. The van der Waals surface area contributed by atoms with E-state index in [9.17, 15) is 4.79 Å². The summed E-state index contributed by atoms with van der Waals surface area (Å²) in [5, 5.41) is 1.72. The van der Waals surface area contributed by atoms with Gasteiger partial charge in [-0.3, -0.25) is 9.78 Å². The Balaban J connectivity index is 1.51. The van der Waals surface area contributed by atoms with Crippen LogP contribution in [0.15, 0.2) is 84.9 Å². The summed E-state index contributed by atoms with van der Waals surface area (Å²) in [6.45, 7) is 0.586. The van der Waals surface area contributed by atoms with Crippen LogP contribution in [0.25, 0.3) is 10.9 Å². The summed E-state index contributed by atoms with van der Waals surface area (Å²) in [7, 11) is 0. The van der Waals surface area contributed by atoms with E-state index in [0.717, 1.165) is 33.3 Å². The van der Waals surface area contributed by atoms with E-state index in [1.807, 2.05) is 71.6 Å². The second-order valence-electron chi connectivity index (χ2n) is 7.37. The Morgan fingerprint density at radius 3 is 2.55 bits per heavy atom. The maximum absolute atomic E-state index is 13.1. The Morgan fingerprint density at radius 1 is 0.897 bits per heavy atom. The Bertz CT molecular complexity index is 1210. The highest BCUT2D eigenvalue weighted by Gasteiger charge is 2.36. The zero-order valence-corrected chi connectivity index (χ0v) is 16.5. The van der Waals surface area contributed by atoms with Gasteiger partial charge in [-0.2, -0.15) is 0 Å². The summed E-state index contributed by atoms with van der Waals surface area (Å²) < 4.78 is 0. The molecule has 1 atom stereocenters. The summed E-state index contributed by atoms with van der Waals surface area (Å²) in [4.78, 5) is 19.9. The van der Waals surface area contributed by atoms with Crippen LogP contribution in [-0.2, 0) is 13.0 Å². The number of benzene rings is 3. The fourth-order valence-corrected chi connectivity index (χ4v) is 4.26. The minimum absolute atomic E-state index is 0.0313. The molecule has 2 heterocycles. The summed E-state index contributed by atoms with van der Waals surface area (Å²) in [6.07, 6.45) is 0.675. The van der Waals surface area contributed by atoms with Crippen LogP contribution < -0.4 is 0 Å². The van der Waals surface area contributed by atoms with Gasteiger partial charge in [0.1, 0.15) is 0 Å². The predicted molar refractivity (Wildman–Crippen MR) is 116 cm³/mol. The van der Waals surface area contributed by atoms with E-state index in [1.54, 1.807) is 0 Å². The lowest BCUT2D eigenvalue weighted by Crippen LogP contribution is -2.29. The molecule has 1 aliphatic heterocycles. The van der Waals surface area contributed by atoms with E-state index >= 15 is 0 Å². The van der Waals surface area contributed by atoms with Crippen molar-refractivity contribution in [1.82, 2.24) is 9.88 Å². The Kier molecular flexibility index (Phi) is 4.53. The number of carbonyl (C=O) groups is 1.